The quantitative estimate of drug-likeness (QED) is 0.664. The van der Waals surface area contributed by atoms with Crippen molar-refractivity contribution in [3.63, 3.8) is 0 Å². The summed E-state index contributed by atoms with van der Waals surface area (Å²) in [4.78, 5) is 11.5. The molecule has 3 nitrogen and oxygen atoms in total. The van der Waals surface area contributed by atoms with Crippen LogP contribution in [0.15, 0.2) is 47.4 Å². The summed E-state index contributed by atoms with van der Waals surface area (Å²) in [6.45, 7) is 0. The molecule has 0 heterocycles. The summed E-state index contributed by atoms with van der Waals surface area (Å²) in [7, 11) is 0. The maximum absolute atomic E-state index is 13.1. The van der Waals surface area contributed by atoms with Crippen molar-refractivity contribution in [3.8, 4) is 0 Å². The van der Waals surface area contributed by atoms with Crippen molar-refractivity contribution in [1.29, 1.82) is 0 Å². The topological polar surface area (TPSA) is 63.3 Å². The molecule has 98 valence electrons. The number of hydrogen-bond acceptors (Lipinski definition) is 3. The number of thioether (sulfide) groups is 1. The number of carboxylic acid groups (broad SMARTS) is 1. The molecule has 2 rings (SSSR count). The molecule has 0 aliphatic rings. The Hall–Kier alpha value is -2.01. The van der Waals surface area contributed by atoms with Crippen LogP contribution in [0.4, 0.5) is 10.1 Å². The molecule has 3 N–H and O–H groups in total. The van der Waals surface area contributed by atoms with Crippen LogP contribution in [0.5, 0.6) is 0 Å². The molecule has 0 aliphatic heterocycles. The third kappa shape index (κ3) is 3.48. The first-order valence-corrected chi connectivity index (χ1v) is 6.55. The van der Waals surface area contributed by atoms with Gasteiger partial charge < -0.3 is 10.8 Å². The molecule has 2 aromatic carbocycles. The SMILES string of the molecule is Nc1ccc(F)cc1SCc1cccc(C(=O)O)c1. The van der Waals surface area contributed by atoms with Crippen LogP contribution in [0.25, 0.3) is 0 Å². The van der Waals surface area contributed by atoms with Crippen LogP contribution in [0.2, 0.25) is 0 Å². The number of anilines is 1. The second-order valence-corrected chi connectivity index (χ2v) is 4.99. The first-order valence-electron chi connectivity index (χ1n) is 5.56. The number of nitrogens with two attached hydrogens (primary N) is 1. The van der Waals surface area contributed by atoms with Crippen LogP contribution in [-0.2, 0) is 5.75 Å². The molecule has 0 spiro atoms. The van der Waals surface area contributed by atoms with Crippen molar-refractivity contribution >= 4 is 23.4 Å². The van der Waals surface area contributed by atoms with Crippen molar-refractivity contribution in [3.05, 3.63) is 59.4 Å². The van der Waals surface area contributed by atoms with Crippen molar-refractivity contribution in [2.45, 2.75) is 10.6 Å². The molecule has 2 aromatic rings. The number of hydrogen-bond donors (Lipinski definition) is 2. The summed E-state index contributed by atoms with van der Waals surface area (Å²) in [5, 5.41) is 8.90. The van der Waals surface area contributed by atoms with Crippen molar-refractivity contribution in [1.82, 2.24) is 0 Å². The van der Waals surface area contributed by atoms with E-state index in [4.69, 9.17) is 10.8 Å². The highest BCUT2D eigenvalue weighted by atomic mass is 32.2. The van der Waals surface area contributed by atoms with Gasteiger partial charge in [-0.1, -0.05) is 12.1 Å². The normalized spacial score (nSPS) is 10.4. The molecule has 19 heavy (non-hydrogen) atoms. The van der Waals surface area contributed by atoms with Gasteiger partial charge in [0.25, 0.3) is 0 Å². The third-order valence-corrected chi connectivity index (χ3v) is 3.69. The highest BCUT2D eigenvalue weighted by Gasteiger charge is 2.05. The van der Waals surface area contributed by atoms with E-state index in [1.165, 1.54) is 36.0 Å². The smallest absolute Gasteiger partial charge is 0.335 e. The largest absolute Gasteiger partial charge is 0.478 e. The molecule has 0 aromatic heterocycles. The molecule has 0 amide bonds. The highest BCUT2D eigenvalue weighted by molar-refractivity contribution is 7.98. The van der Waals surface area contributed by atoms with E-state index in [1.807, 2.05) is 6.07 Å². The molecular formula is C14H12FNO2S. The van der Waals surface area contributed by atoms with Crippen LogP contribution in [0, 0.1) is 5.82 Å². The fraction of sp³-hybridized carbons (Fsp3) is 0.0714. The Morgan fingerprint density at radius 1 is 1.26 bits per heavy atom. The Morgan fingerprint density at radius 2 is 2.05 bits per heavy atom. The van der Waals surface area contributed by atoms with E-state index in [0.29, 0.717) is 16.3 Å². The van der Waals surface area contributed by atoms with Crippen LogP contribution in [0.1, 0.15) is 15.9 Å². The van der Waals surface area contributed by atoms with Gasteiger partial charge in [-0.05, 0) is 35.9 Å². The zero-order valence-corrected chi connectivity index (χ0v) is 10.8. The first-order chi connectivity index (χ1) is 9.06. The Kier molecular flexibility index (Phi) is 4.06. The van der Waals surface area contributed by atoms with Gasteiger partial charge in [-0.25, -0.2) is 9.18 Å². The maximum atomic E-state index is 13.1. The monoisotopic (exact) mass is 277 g/mol. The standard InChI is InChI=1S/C14H12FNO2S/c15-11-4-5-12(16)13(7-11)19-8-9-2-1-3-10(6-9)14(17)18/h1-7H,8,16H2,(H,17,18). The van der Waals surface area contributed by atoms with E-state index in [2.05, 4.69) is 0 Å². The van der Waals surface area contributed by atoms with Gasteiger partial charge in [-0.2, -0.15) is 0 Å². The van der Waals surface area contributed by atoms with E-state index < -0.39 is 5.97 Å². The summed E-state index contributed by atoms with van der Waals surface area (Å²) in [6, 6.07) is 10.9. The van der Waals surface area contributed by atoms with Crippen molar-refractivity contribution in [2.75, 3.05) is 5.73 Å². The summed E-state index contributed by atoms with van der Waals surface area (Å²) in [5.41, 5.74) is 7.36. The average Bonchev–Trinajstić information content (AvgIpc) is 2.40. The van der Waals surface area contributed by atoms with Gasteiger partial charge in [0, 0.05) is 16.3 Å². The maximum Gasteiger partial charge on any atom is 0.335 e. The molecule has 0 saturated heterocycles. The van der Waals surface area contributed by atoms with Crippen LogP contribution < -0.4 is 5.73 Å². The lowest BCUT2D eigenvalue weighted by Gasteiger charge is -2.06. The second kappa shape index (κ2) is 5.75. The van der Waals surface area contributed by atoms with Gasteiger partial charge in [-0.15, -0.1) is 11.8 Å². The predicted molar refractivity (Wildman–Crippen MR) is 73.8 cm³/mol. The summed E-state index contributed by atoms with van der Waals surface area (Å²) in [5.74, 6) is -0.762. The number of carbonyl (C=O) groups is 1. The van der Waals surface area contributed by atoms with E-state index in [-0.39, 0.29) is 11.4 Å². The Morgan fingerprint density at radius 3 is 2.79 bits per heavy atom. The van der Waals surface area contributed by atoms with E-state index >= 15 is 0 Å². The lowest BCUT2D eigenvalue weighted by molar-refractivity contribution is 0.0697. The van der Waals surface area contributed by atoms with E-state index in [1.54, 1.807) is 12.1 Å². The number of rotatable bonds is 4. The Bertz CT molecular complexity index is 616. The fourth-order valence-corrected chi connectivity index (χ4v) is 2.52. The number of benzene rings is 2. The Balaban J connectivity index is 2.12. The van der Waals surface area contributed by atoms with Gasteiger partial charge in [0.05, 0.1) is 5.56 Å². The van der Waals surface area contributed by atoms with Crippen molar-refractivity contribution in [2.24, 2.45) is 0 Å². The molecule has 5 heteroatoms. The summed E-state index contributed by atoms with van der Waals surface area (Å²) >= 11 is 1.38. The highest BCUT2D eigenvalue weighted by Crippen LogP contribution is 2.28. The zero-order valence-electron chi connectivity index (χ0n) is 9.97. The fourth-order valence-electron chi connectivity index (χ4n) is 1.59. The third-order valence-electron chi connectivity index (χ3n) is 2.54. The van der Waals surface area contributed by atoms with E-state index in [9.17, 15) is 9.18 Å². The molecule has 0 radical (unpaired) electrons. The minimum absolute atomic E-state index is 0.241. The predicted octanol–water partition coefficient (Wildman–Crippen LogP) is 3.40. The number of nitrogen functional groups attached to an aromatic ring is 1. The lowest BCUT2D eigenvalue weighted by atomic mass is 10.1. The molecule has 0 fully saturated rings. The molecule has 0 atom stereocenters. The van der Waals surface area contributed by atoms with Gasteiger partial charge in [0.15, 0.2) is 0 Å². The van der Waals surface area contributed by atoms with Crippen molar-refractivity contribution < 1.29 is 14.3 Å². The summed E-state index contributed by atoms with van der Waals surface area (Å²) in [6.07, 6.45) is 0. The molecule has 0 saturated carbocycles. The van der Waals surface area contributed by atoms with Crippen LogP contribution in [-0.4, -0.2) is 11.1 Å². The zero-order chi connectivity index (χ0) is 13.8. The van der Waals surface area contributed by atoms with Gasteiger partial charge in [-0.3, -0.25) is 0 Å². The Labute approximate surface area is 114 Å². The van der Waals surface area contributed by atoms with Gasteiger partial charge in [0.1, 0.15) is 5.82 Å². The molecule has 0 bridgehead atoms. The van der Waals surface area contributed by atoms with Crippen LogP contribution >= 0.6 is 11.8 Å². The number of carboxylic acids is 1. The number of aromatic carboxylic acids is 1. The average molecular weight is 277 g/mol. The minimum atomic E-state index is -0.961. The first kappa shape index (κ1) is 13.4. The van der Waals surface area contributed by atoms with Crippen LogP contribution in [0.3, 0.4) is 0 Å². The van der Waals surface area contributed by atoms with Gasteiger partial charge in [0.2, 0.25) is 0 Å². The molecule has 0 unspecified atom stereocenters. The molecule has 0 aliphatic carbocycles. The second-order valence-electron chi connectivity index (χ2n) is 3.98. The molecular weight excluding hydrogens is 265 g/mol. The minimum Gasteiger partial charge on any atom is -0.478 e. The lowest BCUT2D eigenvalue weighted by Crippen LogP contribution is -1.96. The van der Waals surface area contributed by atoms with Gasteiger partial charge >= 0.3 is 5.97 Å². The van der Waals surface area contributed by atoms with E-state index in [0.717, 1.165) is 5.56 Å². The number of halogens is 1. The summed E-state index contributed by atoms with van der Waals surface area (Å²) < 4.78 is 13.1.